The number of thioether (sulfide) groups is 1. The molecule has 134 valence electrons. The third-order valence-corrected chi connectivity index (χ3v) is 5.69. The lowest BCUT2D eigenvalue weighted by atomic mass is 10.0. The van der Waals surface area contributed by atoms with Crippen LogP contribution in [0.1, 0.15) is 30.5 Å². The first-order chi connectivity index (χ1) is 12.3. The van der Waals surface area contributed by atoms with Crippen LogP contribution in [0, 0.1) is 13.8 Å². The number of nitrogens with zero attached hydrogens (tertiary/aromatic N) is 1. The molecule has 0 aromatic heterocycles. The van der Waals surface area contributed by atoms with E-state index in [1.165, 1.54) is 16.7 Å². The van der Waals surface area contributed by atoms with Gasteiger partial charge in [0.25, 0.3) is 11.8 Å². The fraction of sp³-hybridized carbons (Fsp3) is 0.238. The Morgan fingerprint density at radius 1 is 0.962 bits per heavy atom. The van der Waals surface area contributed by atoms with Gasteiger partial charge in [0.1, 0.15) is 0 Å². The van der Waals surface area contributed by atoms with E-state index in [4.69, 9.17) is 11.6 Å². The second-order valence-electron chi connectivity index (χ2n) is 6.57. The second kappa shape index (κ2) is 7.29. The van der Waals surface area contributed by atoms with E-state index in [-0.39, 0.29) is 17.1 Å². The average molecular weight is 386 g/mol. The summed E-state index contributed by atoms with van der Waals surface area (Å²) in [5.74, 6) is -0.635. The molecule has 1 heterocycles. The molecule has 2 aromatic rings. The lowest BCUT2D eigenvalue weighted by Gasteiger charge is -2.16. The SMILES string of the molecule is Cc1ccc(C2=C(SC(C)C)C(=O)N(c3ccccc3Cl)C2=O)cc1C. The van der Waals surface area contributed by atoms with Gasteiger partial charge in [-0.15, -0.1) is 11.8 Å². The molecule has 0 spiro atoms. The van der Waals surface area contributed by atoms with Gasteiger partial charge in [-0.2, -0.15) is 0 Å². The van der Waals surface area contributed by atoms with E-state index < -0.39 is 0 Å². The summed E-state index contributed by atoms with van der Waals surface area (Å²) in [5.41, 5.74) is 3.87. The van der Waals surface area contributed by atoms with Crippen LogP contribution in [0.4, 0.5) is 5.69 Å². The Bertz CT molecular complexity index is 933. The summed E-state index contributed by atoms with van der Waals surface area (Å²) in [6.45, 7) is 8.04. The van der Waals surface area contributed by atoms with Gasteiger partial charge in [-0.3, -0.25) is 9.59 Å². The lowest BCUT2D eigenvalue weighted by Crippen LogP contribution is -2.31. The van der Waals surface area contributed by atoms with Crippen molar-refractivity contribution >= 4 is 46.4 Å². The molecule has 0 saturated heterocycles. The van der Waals surface area contributed by atoms with E-state index in [0.29, 0.717) is 21.2 Å². The van der Waals surface area contributed by atoms with Crippen molar-refractivity contribution in [3.05, 3.63) is 69.1 Å². The third-order valence-electron chi connectivity index (χ3n) is 4.28. The Morgan fingerprint density at radius 3 is 2.27 bits per heavy atom. The normalized spacial score (nSPS) is 14.8. The minimum Gasteiger partial charge on any atom is -0.268 e. The molecule has 26 heavy (non-hydrogen) atoms. The molecule has 0 bridgehead atoms. The number of amides is 2. The largest absolute Gasteiger partial charge is 0.272 e. The molecular weight excluding hydrogens is 366 g/mol. The third kappa shape index (κ3) is 3.31. The molecule has 0 fully saturated rings. The van der Waals surface area contributed by atoms with Crippen LogP contribution in [0.25, 0.3) is 5.57 Å². The van der Waals surface area contributed by atoms with Gasteiger partial charge in [0.2, 0.25) is 0 Å². The Kier molecular flexibility index (Phi) is 5.26. The summed E-state index contributed by atoms with van der Waals surface area (Å²) in [7, 11) is 0. The summed E-state index contributed by atoms with van der Waals surface area (Å²) in [4.78, 5) is 28.0. The summed E-state index contributed by atoms with van der Waals surface area (Å²) < 4.78 is 0. The van der Waals surface area contributed by atoms with Crippen LogP contribution in [0.3, 0.4) is 0 Å². The predicted octanol–water partition coefficient (Wildman–Crippen LogP) is 5.38. The van der Waals surface area contributed by atoms with Gasteiger partial charge >= 0.3 is 0 Å². The molecule has 5 heteroatoms. The average Bonchev–Trinajstić information content (AvgIpc) is 2.81. The standard InChI is InChI=1S/C21H20ClNO2S/c1-12(2)26-19-18(15-10-9-13(3)14(4)11-15)20(24)23(21(19)25)17-8-6-5-7-16(17)22/h5-12H,1-4H3. The molecule has 0 atom stereocenters. The van der Waals surface area contributed by atoms with Crippen LogP contribution in [0.15, 0.2) is 47.4 Å². The molecular formula is C21H20ClNO2S. The molecule has 2 aromatic carbocycles. The zero-order valence-electron chi connectivity index (χ0n) is 15.2. The number of para-hydroxylation sites is 1. The van der Waals surface area contributed by atoms with E-state index in [1.807, 2.05) is 45.9 Å². The van der Waals surface area contributed by atoms with Gasteiger partial charge in [0.05, 0.1) is 21.2 Å². The van der Waals surface area contributed by atoms with Crippen LogP contribution in [0.5, 0.6) is 0 Å². The maximum Gasteiger partial charge on any atom is 0.272 e. The number of hydrogen-bond acceptors (Lipinski definition) is 3. The van der Waals surface area contributed by atoms with E-state index in [9.17, 15) is 9.59 Å². The Morgan fingerprint density at radius 2 is 1.65 bits per heavy atom. The number of halogens is 1. The monoisotopic (exact) mass is 385 g/mol. The maximum absolute atomic E-state index is 13.2. The highest BCUT2D eigenvalue weighted by Crippen LogP contribution is 2.41. The Labute approximate surface area is 163 Å². The highest BCUT2D eigenvalue weighted by Gasteiger charge is 2.41. The molecule has 1 aliphatic rings. The summed E-state index contributed by atoms with van der Waals surface area (Å²) >= 11 is 7.67. The van der Waals surface area contributed by atoms with E-state index in [1.54, 1.807) is 24.3 Å². The summed E-state index contributed by atoms with van der Waals surface area (Å²) in [5, 5.41) is 0.555. The van der Waals surface area contributed by atoms with Crippen molar-refractivity contribution in [2.75, 3.05) is 4.90 Å². The van der Waals surface area contributed by atoms with Crippen LogP contribution < -0.4 is 4.90 Å². The number of anilines is 1. The van der Waals surface area contributed by atoms with Gasteiger partial charge < -0.3 is 0 Å². The zero-order chi connectivity index (χ0) is 19.0. The molecule has 2 amide bonds. The van der Waals surface area contributed by atoms with Gasteiger partial charge in [-0.05, 0) is 42.7 Å². The number of carbonyl (C=O) groups excluding carboxylic acids is 2. The van der Waals surface area contributed by atoms with Crippen LogP contribution in [-0.2, 0) is 9.59 Å². The number of benzene rings is 2. The van der Waals surface area contributed by atoms with Crippen molar-refractivity contribution in [1.29, 1.82) is 0 Å². The van der Waals surface area contributed by atoms with Gasteiger partial charge in [0.15, 0.2) is 0 Å². The molecule has 0 radical (unpaired) electrons. The van der Waals surface area contributed by atoms with Crippen molar-refractivity contribution in [2.45, 2.75) is 32.9 Å². The predicted molar refractivity (Wildman–Crippen MR) is 110 cm³/mol. The highest BCUT2D eigenvalue weighted by molar-refractivity contribution is 8.04. The fourth-order valence-corrected chi connectivity index (χ4v) is 4.06. The first kappa shape index (κ1) is 18.7. The van der Waals surface area contributed by atoms with Crippen LogP contribution in [0.2, 0.25) is 5.02 Å². The number of carbonyl (C=O) groups is 2. The minimum atomic E-state index is -0.325. The molecule has 3 rings (SSSR count). The van der Waals surface area contributed by atoms with Crippen molar-refractivity contribution in [2.24, 2.45) is 0 Å². The van der Waals surface area contributed by atoms with Crippen molar-refractivity contribution in [3.63, 3.8) is 0 Å². The lowest BCUT2D eigenvalue weighted by molar-refractivity contribution is -0.119. The number of imide groups is 1. The molecule has 0 saturated carbocycles. The minimum absolute atomic E-state index is 0.175. The highest BCUT2D eigenvalue weighted by atomic mass is 35.5. The molecule has 0 N–H and O–H groups in total. The van der Waals surface area contributed by atoms with Gasteiger partial charge in [-0.25, -0.2) is 4.90 Å². The van der Waals surface area contributed by atoms with Crippen molar-refractivity contribution in [3.8, 4) is 0 Å². The Hall–Kier alpha value is -2.04. The first-order valence-electron chi connectivity index (χ1n) is 8.43. The quantitative estimate of drug-likeness (QED) is 0.663. The summed E-state index contributed by atoms with van der Waals surface area (Å²) in [6, 6.07) is 12.8. The summed E-state index contributed by atoms with van der Waals surface area (Å²) in [6.07, 6.45) is 0. The molecule has 3 nitrogen and oxygen atoms in total. The zero-order valence-corrected chi connectivity index (χ0v) is 16.7. The van der Waals surface area contributed by atoms with Crippen LogP contribution in [-0.4, -0.2) is 17.1 Å². The van der Waals surface area contributed by atoms with E-state index >= 15 is 0 Å². The van der Waals surface area contributed by atoms with Gasteiger partial charge in [-0.1, -0.05) is 55.8 Å². The fourth-order valence-electron chi connectivity index (χ4n) is 2.86. The Balaban J connectivity index is 2.16. The first-order valence-corrected chi connectivity index (χ1v) is 9.69. The molecule has 1 aliphatic heterocycles. The molecule has 0 aliphatic carbocycles. The topological polar surface area (TPSA) is 37.4 Å². The van der Waals surface area contributed by atoms with Crippen molar-refractivity contribution in [1.82, 2.24) is 0 Å². The smallest absolute Gasteiger partial charge is 0.268 e. The maximum atomic E-state index is 13.2. The van der Waals surface area contributed by atoms with Crippen LogP contribution >= 0.6 is 23.4 Å². The number of rotatable bonds is 4. The number of aryl methyl sites for hydroxylation is 2. The second-order valence-corrected chi connectivity index (χ2v) is 8.56. The van der Waals surface area contributed by atoms with E-state index in [0.717, 1.165) is 16.7 Å². The molecule has 0 unspecified atom stereocenters. The van der Waals surface area contributed by atoms with E-state index in [2.05, 4.69) is 0 Å². The van der Waals surface area contributed by atoms with Crippen molar-refractivity contribution < 1.29 is 9.59 Å². The number of hydrogen-bond donors (Lipinski definition) is 0. The van der Waals surface area contributed by atoms with Gasteiger partial charge in [0, 0.05) is 5.25 Å².